The summed E-state index contributed by atoms with van der Waals surface area (Å²) in [5.41, 5.74) is 0.849. The molecule has 0 aliphatic carbocycles. The zero-order chi connectivity index (χ0) is 24.3. The molecule has 1 atom stereocenters. The Morgan fingerprint density at radius 3 is 2.82 bits per heavy atom. The van der Waals surface area contributed by atoms with E-state index in [4.69, 9.17) is 9.26 Å². The van der Waals surface area contributed by atoms with Crippen LogP contribution in [0.1, 0.15) is 29.9 Å². The van der Waals surface area contributed by atoms with E-state index in [1.807, 2.05) is 0 Å². The van der Waals surface area contributed by atoms with Crippen molar-refractivity contribution < 1.29 is 26.9 Å². The molecule has 1 aliphatic heterocycles. The van der Waals surface area contributed by atoms with E-state index in [1.165, 1.54) is 22.6 Å². The number of nitrogens with zero attached hydrogens (tertiary/aromatic N) is 3. The maximum atomic E-state index is 14.5. The summed E-state index contributed by atoms with van der Waals surface area (Å²) in [5, 5.41) is 6.51. The van der Waals surface area contributed by atoms with E-state index in [0.717, 1.165) is 0 Å². The number of sulfonamides is 1. The first kappa shape index (κ1) is 23.8. The molecule has 11 heteroatoms. The third-order valence-corrected chi connectivity index (χ3v) is 7.76. The van der Waals surface area contributed by atoms with Gasteiger partial charge in [-0.15, -0.1) is 0 Å². The third kappa shape index (κ3) is 5.10. The highest BCUT2D eigenvalue weighted by molar-refractivity contribution is 7.89. The third-order valence-electron chi connectivity index (χ3n) is 5.65. The lowest BCUT2D eigenvalue weighted by molar-refractivity contribution is -0.126. The number of rotatable bonds is 7. The number of ether oxygens (including phenoxy) is 1. The van der Waals surface area contributed by atoms with Crippen LogP contribution in [0.2, 0.25) is 0 Å². The number of amides is 1. The van der Waals surface area contributed by atoms with Crippen LogP contribution in [-0.2, 0) is 21.4 Å². The maximum absolute atomic E-state index is 14.5. The van der Waals surface area contributed by atoms with Gasteiger partial charge in [-0.25, -0.2) is 12.8 Å². The number of halogens is 1. The van der Waals surface area contributed by atoms with Gasteiger partial charge in [-0.05, 0) is 56.5 Å². The van der Waals surface area contributed by atoms with Gasteiger partial charge in [-0.2, -0.15) is 4.31 Å². The molecular weight excluding hydrogens is 463 g/mol. The van der Waals surface area contributed by atoms with Gasteiger partial charge in [0.1, 0.15) is 16.3 Å². The van der Waals surface area contributed by atoms with Crippen molar-refractivity contribution in [2.75, 3.05) is 13.1 Å². The molecule has 1 aromatic carbocycles. The highest BCUT2D eigenvalue weighted by Gasteiger charge is 2.36. The SMILES string of the molecule is Cc1noc(C)c1S(=O)(=O)N1CCCC(C(=O)NCc2ccc(Oc3cccnc3)c(F)c2)C1. The molecule has 0 radical (unpaired) electrons. The zero-order valence-corrected chi connectivity index (χ0v) is 19.6. The van der Waals surface area contributed by atoms with Gasteiger partial charge in [0.25, 0.3) is 0 Å². The van der Waals surface area contributed by atoms with Crippen LogP contribution >= 0.6 is 0 Å². The van der Waals surface area contributed by atoms with Crippen molar-refractivity contribution in [3.63, 3.8) is 0 Å². The minimum Gasteiger partial charge on any atom is -0.453 e. The van der Waals surface area contributed by atoms with Crippen LogP contribution in [0.4, 0.5) is 4.39 Å². The van der Waals surface area contributed by atoms with Crippen molar-refractivity contribution in [2.45, 2.75) is 38.1 Å². The predicted molar refractivity (Wildman–Crippen MR) is 120 cm³/mol. The van der Waals surface area contributed by atoms with Gasteiger partial charge in [0.15, 0.2) is 17.3 Å². The number of carbonyl (C=O) groups excluding carboxylic acids is 1. The van der Waals surface area contributed by atoms with E-state index in [9.17, 15) is 17.6 Å². The fraction of sp³-hybridized carbons (Fsp3) is 0.348. The Morgan fingerprint density at radius 1 is 1.32 bits per heavy atom. The minimum absolute atomic E-state index is 0.0514. The second kappa shape index (κ2) is 9.90. The summed E-state index contributed by atoms with van der Waals surface area (Å²) >= 11 is 0. The van der Waals surface area contributed by atoms with E-state index in [1.54, 1.807) is 38.2 Å². The monoisotopic (exact) mass is 488 g/mol. The normalized spacial score (nSPS) is 16.9. The molecule has 9 nitrogen and oxygen atoms in total. The Kier molecular flexibility index (Phi) is 6.94. The summed E-state index contributed by atoms with van der Waals surface area (Å²) in [6.07, 6.45) is 4.18. The number of aryl methyl sites for hydroxylation is 2. The van der Waals surface area contributed by atoms with Crippen molar-refractivity contribution in [2.24, 2.45) is 5.92 Å². The Morgan fingerprint density at radius 2 is 2.15 bits per heavy atom. The fourth-order valence-corrected chi connectivity index (χ4v) is 5.77. The molecule has 0 saturated carbocycles. The summed E-state index contributed by atoms with van der Waals surface area (Å²) in [6, 6.07) is 7.79. The lowest BCUT2D eigenvalue weighted by Gasteiger charge is -2.31. The van der Waals surface area contributed by atoms with E-state index < -0.39 is 21.8 Å². The number of benzene rings is 1. The Labute approximate surface area is 197 Å². The second-order valence-corrected chi connectivity index (χ2v) is 10.0. The van der Waals surface area contributed by atoms with Crippen LogP contribution in [0, 0.1) is 25.6 Å². The maximum Gasteiger partial charge on any atom is 0.248 e. The quantitative estimate of drug-likeness (QED) is 0.542. The lowest BCUT2D eigenvalue weighted by Crippen LogP contribution is -2.45. The van der Waals surface area contributed by atoms with E-state index >= 15 is 0 Å². The first-order chi connectivity index (χ1) is 16.3. The molecule has 1 saturated heterocycles. The first-order valence-electron chi connectivity index (χ1n) is 10.8. The molecule has 1 unspecified atom stereocenters. The second-order valence-electron chi connectivity index (χ2n) is 8.13. The van der Waals surface area contributed by atoms with Gasteiger partial charge in [0, 0.05) is 25.8 Å². The van der Waals surface area contributed by atoms with Crippen LogP contribution in [0.25, 0.3) is 0 Å². The van der Waals surface area contributed by atoms with E-state index in [2.05, 4.69) is 15.5 Å². The smallest absolute Gasteiger partial charge is 0.248 e. The van der Waals surface area contributed by atoms with Gasteiger partial charge < -0.3 is 14.6 Å². The van der Waals surface area contributed by atoms with Gasteiger partial charge in [0.05, 0.1) is 12.1 Å². The Hall–Kier alpha value is -3.31. The molecule has 0 spiro atoms. The summed E-state index contributed by atoms with van der Waals surface area (Å²) < 4.78 is 52.4. The largest absolute Gasteiger partial charge is 0.453 e. The number of aromatic nitrogens is 2. The zero-order valence-electron chi connectivity index (χ0n) is 18.8. The van der Waals surface area contributed by atoms with Crippen molar-refractivity contribution in [3.8, 4) is 11.5 Å². The molecule has 1 aliphatic rings. The molecule has 1 amide bonds. The summed E-state index contributed by atoms with van der Waals surface area (Å²) in [4.78, 5) is 16.7. The summed E-state index contributed by atoms with van der Waals surface area (Å²) in [5.74, 6) is -0.671. The number of hydrogen-bond acceptors (Lipinski definition) is 7. The molecule has 34 heavy (non-hydrogen) atoms. The van der Waals surface area contributed by atoms with Crippen LogP contribution in [0.5, 0.6) is 11.5 Å². The Bertz CT molecular complexity index is 1260. The molecule has 1 N–H and O–H groups in total. The number of piperidine rings is 1. The molecule has 0 bridgehead atoms. The van der Waals surface area contributed by atoms with Gasteiger partial charge in [0.2, 0.25) is 15.9 Å². The van der Waals surface area contributed by atoms with Crippen molar-refractivity contribution in [3.05, 3.63) is 65.6 Å². The van der Waals surface area contributed by atoms with Gasteiger partial charge >= 0.3 is 0 Å². The van der Waals surface area contributed by atoms with Crippen LogP contribution in [-0.4, -0.2) is 41.9 Å². The van der Waals surface area contributed by atoms with E-state index in [0.29, 0.717) is 36.4 Å². The molecule has 1 fully saturated rings. The molecule has 180 valence electrons. The van der Waals surface area contributed by atoms with Crippen molar-refractivity contribution in [1.82, 2.24) is 19.8 Å². The van der Waals surface area contributed by atoms with Crippen LogP contribution < -0.4 is 10.1 Å². The molecular formula is C23H25FN4O5S. The Balaban J connectivity index is 1.37. The van der Waals surface area contributed by atoms with E-state index in [-0.39, 0.29) is 35.4 Å². The number of nitrogens with one attached hydrogen (secondary N) is 1. The van der Waals surface area contributed by atoms with Gasteiger partial charge in [-0.3, -0.25) is 9.78 Å². The molecule has 3 aromatic rings. The van der Waals surface area contributed by atoms with Crippen molar-refractivity contribution >= 4 is 15.9 Å². The topological polar surface area (TPSA) is 115 Å². The standard InChI is InChI=1S/C23H25FN4O5S/c1-15-22(16(2)33-27-15)34(30,31)28-10-4-5-18(14-28)23(29)26-12-17-7-8-21(20(24)11-17)32-19-6-3-9-25-13-19/h3,6-9,11,13,18H,4-5,10,12,14H2,1-2H3,(H,26,29). The van der Waals surface area contributed by atoms with Crippen molar-refractivity contribution in [1.29, 1.82) is 0 Å². The molecule has 2 aromatic heterocycles. The van der Waals surface area contributed by atoms with Crippen LogP contribution in [0.15, 0.2) is 52.1 Å². The minimum atomic E-state index is -3.82. The first-order valence-corrected chi connectivity index (χ1v) is 12.3. The van der Waals surface area contributed by atoms with Crippen LogP contribution in [0.3, 0.4) is 0 Å². The molecule has 3 heterocycles. The number of carbonyl (C=O) groups is 1. The highest BCUT2D eigenvalue weighted by Crippen LogP contribution is 2.28. The highest BCUT2D eigenvalue weighted by atomic mass is 32.2. The average Bonchev–Trinajstić information content (AvgIpc) is 3.18. The average molecular weight is 489 g/mol. The summed E-state index contributed by atoms with van der Waals surface area (Å²) in [6.45, 7) is 3.61. The lowest BCUT2D eigenvalue weighted by atomic mass is 9.99. The predicted octanol–water partition coefficient (Wildman–Crippen LogP) is 3.33. The fourth-order valence-electron chi connectivity index (χ4n) is 3.95. The molecule has 4 rings (SSSR count). The number of hydrogen-bond donors (Lipinski definition) is 1. The van der Waals surface area contributed by atoms with Gasteiger partial charge in [-0.1, -0.05) is 11.2 Å². The summed E-state index contributed by atoms with van der Waals surface area (Å²) in [7, 11) is -3.82. The number of pyridine rings is 1.